The van der Waals surface area contributed by atoms with E-state index in [1.807, 2.05) is 10.7 Å². The van der Waals surface area contributed by atoms with Gasteiger partial charge in [-0.15, -0.1) is 0 Å². The molecule has 6 heteroatoms. The van der Waals surface area contributed by atoms with Crippen molar-refractivity contribution in [1.29, 1.82) is 0 Å². The molecule has 3 N–H and O–H groups in total. The van der Waals surface area contributed by atoms with Crippen molar-refractivity contribution in [3.8, 4) is 0 Å². The number of nitrogens with zero attached hydrogens (tertiary/aromatic N) is 2. The van der Waals surface area contributed by atoms with Gasteiger partial charge in [0, 0.05) is 19.2 Å². The first-order valence-electron chi connectivity index (χ1n) is 5.63. The smallest absolute Gasteiger partial charge is 0.242 e. The second kappa shape index (κ2) is 3.88. The fourth-order valence-electron chi connectivity index (χ4n) is 1.88. The monoisotopic (exact) mass is 221 g/mol. The van der Waals surface area contributed by atoms with Gasteiger partial charge in [-0.3, -0.25) is 4.79 Å². The first-order valence-corrected chi connectivity index (χ1v) is 5.63. The number of carbonyl (C=O) groups is 1. The van der Waals surface area contributed by atoms with Crippen molar-refractivity contribution < 1.29 is 4.79 Å². The molecule has 1 atom stereocenters. The van der Waals surface area contributed by atoms with Crippen molar-refractivity contribution in [3.63, 3.8) is 0 Å². The van der Waals surface area contributed by atoms with Crippen LogP contribution >= 0.6 is 0 Å². The molecule has 0 spiro atoms. The summed E-state index contributed by atoms with van der Waals surface area (Å²) >= 11 is 0. The summed E-state index contributed by atoms with van der Waals surface area (Å²) in [6.45, 7) is 2.78. The zero-order chi connectivity index (χ0) is 11.0. The summed E-state index contributed by atoms with van der Waals surface area (Å²) in [5.41, 5.74) is 0. The van der Waals surface area contributed by atoms with Crippen LogP contribution in [0.1, 0.15) is 12.5 Å². The summed E-state index contributed by atoms with van der Waals surface area (Å²) in [5.74, 6) is 0.838. The number of hydrogen-bond donors (Lipinski definition) is 3. The highest BCUT2D eigenvalue weighted by Crippen LogP contribution is 2.18. The maximum Gasteiger partial charge on any atom is 0.242 e. The van der Waals surface area contributed by atoms with Gasteiger partial charge in [0.05, 0.1) is 18.3 Å². The van der Waals surface area contributed by atoms with E-state index in [0.29, 0.717) is 6.04 Å². The summed E-state index contributed by atoms with van der Waals surface area (Å²) in [6, 6.07) is 2.19. The third kappa shape index (κ3) is 1.60. The Hall–Kier alpha value is -1.40. The van der Waals surface area contributed by atoms with Gasteiger partial charge in [-0.05, 0) is 13.0 Å². The van der Waals surface area contributed by atoms with Crippen LogP contribution in [0.5, 0.6) is 0 Å². The third-order valence-electron chi connectivity index (χ3n) is 3.17. The van der Waals surface area contributed by atoms with Gasteiger partial charge in [-0.2, -0.15) is 5.10 Å². The molecule has 2 aliphatic rings. The van der Waals surface area contributed by atoms with E-state index in [1.54, 1.807) is 6.20 Å². The van der Waals surface area contributed by atoms with Gasteiger partial charge in [0.15, 0.2) is 0 Å². The lowest BCUT2D eigenvalue weighted by Crippen LogP contribution is -2.51. The van der Waals surface area contributed by atoms with Gasteiger partial charge < -0.3 is 16.0 Å². The van der Waals surface area contributed by atoms with E-state index in [4.69, 9.17) is 0 Å². The molecule has 0 aromatic carbocycles. The molecule has 1 unspecified atom stereocenters. The van der Waals surface area contributed by atoms with Gasteiger partial charge >= 0.3 is 0 Å². The number of hydrogen-bond acceptors (Lipinski definition) is 4. The number of nitrogens with one attached hydrogen (secondary N) is 3. The molecule has 1 aromatic rings. The van der Waals surface area contributed by atoms with Crippen LogP contribution < -0.4 is 16.0 Å². The number of rotatable bonds is 3. The maximum atomic E-state index is 11.7. The molecule has 86 valence electrons. The Labute approximate surface area is 93.4 Å². The first-order chi connectivity index (χ1) is 7.84. The molecule has 6 nitrogen and oxygen atoms in total. The molecule has 1 aromatic heterocycles. The number of anilines is 1. The highest BCUT2D eigenvalue weighted by atomic mass is 16.2. The SMILES string of the molecule is O=C(Nc1ccnn1C1CNC1)C1CCN1. The standard InChI is InChI=1S/C10H15N5O/c16-10(8-1-3-12-8)14-9-2-4-13-15(9)7-5-11-6-7/h2,4,7-8,11-12H,1,3,5-6H2,(H,14,16). The van der Waals surface area contributed by atoms with Gasteiger partial charge in [-0.25, -0.2) is 4.68 Å². The number of amides is 1. The lowest BCUT2D eigenvalue weighted by atomic mass is 10.1. The van der Waals surface area contributed by atoms with Crippen LogP contribution in [0.15, 0.2) is 12.3 Å². The van der Waals surface area contributed by atoms with Crippen LogP contribution in [0.3, 0.4) is 0 Å². The molecule has 3 rings (SSSR count). The minimum absolute atomic E-state index is 0.0251. The Kier molecular flexibility index (Phi) is 2.37. The molecule has 0 bridgehead atoms. The minimum atomic E-state index is -0.0251. The zero-order valence-electron chi connectivity index (χ0n) is 8.94. The van der Waals surface area contributed by atoms with E-state index in [0.717, 1.165) is 31.9 Å². The lowest BCUT2D eigenvalue weighted by molar-refractivity contribution is -0.119. The molecule has 0 aliphatic carbocycles. The van der Waals surface area contributed by atoms with Crippen molar-refractivity contribution in [2.75, 3.05) is 25.0 Å². The fourth-order valence-corrected chi connectivity index (χ4v) is 1.88. The van der Waals surface area contributed by atoms with E-state index in [1.165, 1.54) is 0 Å². The van der Waals surface area contributed by atoms with E-state index < -0.39 is 0 Å². The Bertz CT molecular complexity index is 394. The lowest BCUT2D eigenvalue weighted by Gasteiger charge is -2.30. The molecular weight excluding hydrogens is 206 g/mol. The summed E-state index contributed by atoms with van der Waals surface area (Å²) in [5, 5.41) is 13.4. The average Bonchev–Trinajstić information content (AvgIpc) is 2.46. The Balaban J connectivity index is 1.68. The molecule has 0 radical (unpaired) electrons. The van der Waals surface area contributed by atoms with Crippen LogP contribution in [-0.4, -0.2) is 41.4 Å². The average molecular weight is 221 g/mol. The number of aromatic nitrogens is 2. The molecule has 16 heavy (non-hydrogen) atoms. The Morgan fingerprint density at radius 1 is 1.56 bits per heavy atom. The highest BCUT2D eigenvalue weighted by molar-refractivity contribution is 5.94. The normalized spacial score (nSPS) is 24.6. The second-order valence-corrected chi connectivity index (χ2v) is 4.26. The molecular formula is C10H15N5O. The molecule has 0 saturated carbocycles. The van der Waals surface area contributed by atoms with E-state index in [2.05, 4.69) is 21.0 Å². The van der Waals surface area contributed by atoms with Gasteiger partial charge in [0.1, 0.15) is 5.82 Å². The van der Waals surface area contributed by atoms with Crippen molar-refractivity contribution >= 4 is 11.7 Å². The van der Waals surface area contributed by atoms with Crippen LogP contribution in [-0.2, 0) is 4.79 Å². The van der Waals surface area contributed by atoms with Crippen molar-refractivity contribution in [3.05, 3.63) is 12.3 Å². The van der Waals surface area contributed by atoms with E-state index in [9.17, 15) is 4.79 Å². The van der Waals surface area contributed by atoms with Crippen LogP contribution in [0.2, 0.25) is 0 Å². The second-order valence-electron chi connectivity index (χ2n) is 4.26. The van der Waals surface area contributed by atoms with Crippen molar-refractivity contribution in [2.24, 2.45) is 0 Å². The van der Waals surface area contributed by atoms with Crippen LogP contribution in [0.4, 0.5) is 5.82 Å². The largest absolute Gasteiger partial charge is 0.312 e. The van der Waals surface area contributed by atoms with E-state index in [-0.39, 0.29) is 11.9 Å². The van der Waals surface area contributed by atoms with Crippen LogP contribution in [0, 0.1) is 0 Å². The topological polar surface area (TPSA) is 71.0 Å². The number of carbonyl (C=O) groups excluding carboxylic acids is 1. The van der Waals surface area contributed by atoms with Gasteiger partial charge in [0.2, 0.25) is 5.91 Å². The van der Waals surface area contributed by atoms with E-state index >= 15 is 0 Å². The minimum Gasteiger partial charge on any atom is -0.312 e. The van der Waals surface area contributed by atoms with Gasteiger partial charge in [-0.1, -0.05) is 0 Å². The zero-order valence-corrected chi connectivity index (χ0v) is 8.94. The molecule has 1 amide bonds. The van der Waals surface area contributed by atoms with Crippen molar-refractivity contribution in [2.45, 2.75) is 18.5 Å². The summed E-state index contributed by atoms with van der Waals surface area (Å²) < 4.78 is 1.88. The molecule has 3 heterocycles. The summed E-state index contributed by atoms with van der Waals surface area (Å²) in [6.07, 6.45) is 2.65. The summed E-state index contributed by atoms with van der Waals surface area (Å²) in [4.78, 5) is 11.7. The van der Waals surface area contributed by atoms with Crippen molar-refractivity contribution in [1.82, 2.24) is 20.4 Å². The van der Waals surface area contributed by atoms with Gasteiger partial charge in [0.25, 0.3) is 0 Å². The first kappa shape index (κ1) is 9.80. The Morgan fingerprint density at radius 2 is 2.38 bits per heavy atom. The molecule has 2 aliphatic heterocycles. The quantitative estimate of drug-likeness (QED) is 0.633. The molecule has 2 fully saturated rings. The maximum absolute atomic E-state index is 11.7. The Morgan fingerprint density at radius 3 is 2.94 bits per heavy atom. The third-order valence-corrected chi connectivity index (χ3v) is 3.17. The summed E-state index contributed by atoms with van der Waals surface area (Å²) in [7, 11) is 0. The fraction of sp³-hybridized carbons (Fsp3) is 0.600. The van der Waals surface area contributed by atoms with Crippen LogP contribution in [0.25, 0.3) is 0 Å². The molecule has 2 saturated heterocycles. The predicted molar refractivity (Wildman–Crippen MR) is 59.2 cm³/mol. The highest BCUT2D eigenvalue weighted by Gasteiger charge is 2.27. The predicted octanol–water partition coefficient (Wildman–Crippen LogP) is -0.672.